The number of benzene rings is 1. The first-order chi connectivity index (χ1) is 12.0. The van der Waals surface area contributed by atoms with Crippen LogP contribution in [0.4, 0.5) is 11.4 Å². The molecule has 2 atom stereocenters. The van der Waals surface area contributed by atoms with Crippen molar-refractivity contribution in [3.63, 3.8) is 0 Å². The summed E-state index contributed by atoms with van der Waals surface area (Å²) in [5.74, 6) is -0.443. The molecule has 4 N–H and O–H groups in total. The first-order valence-corrected chi connectivity index (χ1v) is 8.07. The summed E-state index contributed by atoms with van der Waals surface area (Å²) in [5, 5.41) is 18.1. The van der Waals surface area contributed by atoms with Gasteiger partial charge in [0.1, 0.15) is 0 Å². The van der Waals surface area contributed by atoms with Crippen LogP contribution in [-0.2, 0) is 4.79 Å². The van der Waals surface area contributed by atoms with Crippen LogP contribution in [0.3, 0.4) is 0 Å². The van der Waals surface area contributed by atoms with Crippen LogP contribution in [0.15, 0.2) is 42.7 Å². The van der Waals surface area contributed by atoms with Gasteiger partial charge < -0.3 is 21.1 Å². The average molecular weight is 340 g/mol. The van der Waals surface area contributed by atoms with Gasteiger partial charge in [-0.2, -0.15) is 0 Å². The van der Waals surface area contributed by atoms with E-state index in [0.29, 0.717) is 29.9 Å². The van der Waals surface area contributed by atoms with E-state index < -0.39 is 12.1 Å². The summed E-state index contributed by atoms with van der Waals surface area (Å²) in [5.41, 5.74) is 2.60. The highest BCUT2D eigenvalue weighted by Crippen LogP contribution is 2.22. The highest BCUT2D eigenvalue weighted by molar-refractivity contribution is 6.05. The van der Waals surface area contributed by atoms with E-state index in [1.54, 1.807) is 36.7 Å². The Morgan fingerprint density at radius 1 is 1.20 bits per heavy atom. The van der Waals surface area contributed by atoms with Gasteiger partial charge in [0.25, 0.3) is 5.91 Å². The summed E-state index contributed by atoms with van der Waals surface area (Å²) >= 11 is 0. The summed E-state index contributed by atoms with van der Waals surface area (Å²) < 4.78 is 0. The van der Waals surface area contributed by atoms with Crippen LogP contribution in [-0.4, -0.2) is 40.6 Å². The van der Waals surface area contributed by atoms with Gasteiger partial charge in [-0.05, 0) is 43.2 Å². The number of hydrogen-bond acceptors (Lipinski definition) is 5. The maximum Gasteiger partial charge on any atom is 0.255 e. The van der Waals surface area contributed by atoms with E-state index in [1.165, 1.54) is 0 Å². The molecule has 1 aromatic heterocycles. The Bertz CT molecular complexity index is 779. The fraction of sp³-hybridized carbons (Fsp3) is 0.278. The molecule has 2 aromatic rings. The minimum atomic E-state index is -0.496. The number of pyridine rings is 1. The van der Waals surface area contributed by atoms with Crippen molar-refractivity contribution in [2.45, 2.75) is 25.5 Å². The molecular formula is C18H20N4O3. The van der Waals surface area contributed by atoms with Gasteiger partial charge >= 0.3 is 0 Å². The quantitative estimate of drug-likeness (QED) is 0.672. The number of aliphatic hydroxyl groups excluding tert-OH is 1. The Morgan fingerprint density at radius 3 is 2.64 bits per heavy atom. The van der Waals surface area contributed by atoms with Crippen LogP contribution in [0.2, 0.25) is 0 Å². The number of nitrogens with zero attached hydrogens (tertiary/aromatic N) is 1. The number of anilines is 2. The van der Waals surface area contributed by atoms with Gasteiger partial charge in [0.2, 0.25) is 5.91 Å². The fourth-order valence-electron chi connectivity index (χ4n) is 2.68. The highest BCUT2D eigenvalue weighted by atomic mass is 16.3. The van der Waals surface area contributed by atoms with Gasteiger partial charge in [-0.25, -0.2) is 0 Å². The van der Waals surface area contributed by atoms with Crippen molar-refractivity contribution in [3.05, 3.63) is 53.9 Å². The zero-order valence-corrected chi connectivity index (χ0v) is 13.8. The van der Waals surface area contributed by atoms with Crippen molar-refractivity contribution in [2.24, 2.45) is 0 Å². The molecule has 1 aliphatic rings. The molecule has 1 saturated heterocycles. The lowest BCUT2D eigenvalue weighted by molar-refractivity contribution is -0.117. The summed E-state index contributed by atoms with van der Waals surface area (Å²) in [4.78, 5) is 28.4. The lowest BCUT2D eigenvalue weighted by atomic mass is 10.1. The Morgan fingerprint density at radius 2 is 1.96 bits per heavy atom. The van der Waals surface area contributed by atoms with Crippen LogP contribution < -0.4 is 16.0 Å². The minimum Gasteiger partial charge on any atom is -0.392 e. The summed E-state index contributed by atoms with van der Waals surface area (Å²) in [6.07, 6.45) is 3.01. The zero-order valence-electron chi connectivity index (χ0n) is 13.8. The molecule has 0 aliphatic carbocycles. The fourth-order valence-corrected chi connectivity index (χ4v) is 2.68. The van der Waals surface area contributed by atoms with Gasteiger partial charge in [0.15, 0.2) is 0 Å². The number of hydrogen-bond donors (Lipinski definition) is 4. The third-order valence-electron chi connectivity index (χ3n) is 4.12. The molecule has 0 bridgehead atoms. The van der Waals surface area contributed by atoms with E-state index in [9.17, 15) is 14.7 Å². The van der Waals surface area contributed by atoms with Crippen LogP contribution in [0.25, 0.3) is 0 Å². The summed E-state index contributed by atoms with van der Waals surface area (Å²) in [6, 6.07) is 8.18. The van der Waals surface area contributed by atoms with Crippen LogP contribution in [0.5, 0.6) is 0 Å². The monoisotopic (exact) mass is 340 g/mol. The largest absolute Gasteiger partial charge is 0.392 e. The first-order valence-electron chi connectivity index (χ1n) is 8.07. The maximum atomic E-state index is 12.3. The van der Waals surface area contributed by atoms with Crippen molar-refractivity contribution in [1.29, 1.82) is 0 Å². The van der Waals surface area contributed by atoms with Crippen molar-refractivity contribution in [2.75, 3.05) is 17.2 Å². The summed E-state index contributed by atoms with van der Waals surface area (Å²) in [6.45, 7) is 2.29. The average Bonchev–Trinajstić information content (AvgIpc) is 3.05. The molecule has 0 radical (unpaired) electrons. The molecule has 2 amide bonds. The number of aromatic nitrogens is 1. The first kappa shape index (κ1) is 17.1. The van der Waals surface area contributed by atoms with Crippen LogP contribution in [0.1, 0.15) is 22.3 Å². The van der Waals surface area contributed by atoms with E-state index in [-0.39, 0.29) is 11.8 Å². The molecule has 130 valence electrons. The predicted octanol–water partition coefficient (Wildman–Crippen LogP) is 1.30. The second-order valence-electron chi connectivity index (χ2n) is 6.06. The Hall–Kier alpha value is -2.77. The lowest BCUT2D eigenvalue weighted by Crippen LogP contribution is -2.35. The Labute approximate surface area is 145 Å². The van der Waals surface area contributed by atoms with Crippen molar-refractivity contribution < 1.29 is 14.7 Å². The number of aryl methyl sites for hydroxylation is 1. The molecule has 1 aliphatic heterocycles. The van der Waals surface area contributed by atoms with E-state index in [1.807, 2.05) is 13.0 Å². The van der Waals surface area contributed by atoms with Gasteiger partial charge in [0, 0.05) is 35.9 Å². The molecule has 7 heteroatoms. The molecule has 1 fully saturated rings. The van der Waals surface area contributed by atoms with Crippen molar-refractivity contribution in [3.8, 4) is 0 Å². The molecule has 2 heterocycles. The number of nitrogens with one attached hydrogen (secondary N) is 3. The van der Waals surface area contributed by atoms with E-state index >= 15 is 0 Å². The van der Waals surface area contributed by atoms with E-state index in [2.05, 4.69) is 20.9 Å². The number of β-amino-alcohol motifs (C(OH)–C–C–N with tert-alkyl or cyclic N) is 1. The number of amides is 2. The number of aliphatic hydroxyl groups is 1. The zero-order chi connectivity index (χ0) is 17.8. The SMILES string of the molecule is Cc1ccc(NC(=O)C2CC(O)CN2)cc1NC(=O)c1ccncc1. The predicted molar refractivity (Wildman–Crippen MR) is 94.4 cm³/mol. The van der Waals surface area contributed by atoms with Crippen molar-refractivity contribution in [1.82, 2.24) is 10.3 Å². The standard InChI is InChI=1S/C18H20N4O3/c1-11-2-3-13(21-18(25)16-9-14(23)10-20-16)8-15(11)22-17(24)12-4-6-19-7-5-12/h2-8,14,16,20,23H,9-10H2,1H3,(H,21,25)(H,22,24). The third kappa shape index (κ3) is 4.20. The van der Waals surface area contributed by atoms with Gasteiger partial charge in [-0.1, -0.05) is 6.07 Å². The Kier molecular flexibility index (Phi) is 5.06. The van der Waals surface area contributed by atoms with E-state index in [0.717, 1.165) is 5.56 Å². The lowest BCUT2D eigenvalue weighted by Gasteiger charge is -2.14. The maximum absolute atomic E-state index is 12.3. The van der Waals surface area contributed by atoms with Gasteiger partial charge in [-0.3, -0.25) is 14.6 Å². The van der Waals surface area contributed by atoms with E-state index in [4.69, 9.17) is 0 Å². The molecule has 0 saturated carbocycles. The van der Waals surface area contributed by atoms with Gasteiger partial charge in [-0.15, -0.1) is 0 Å². The number of rotatable bonds is 4. The van der Waals surface area contributed by atoms with Crippen LogP contribution >= 0.6 is 0 Å². The smallest absolute Gasteiger partial charge is 0.255 e. The normalized spacial score (nSPS) is 19.4. The van der Waals surface area contributed by atoms with Crippen LogP contribution in [0, 0.1) is 6.92 Å². The topological polar surface area (TPSA) is 103 Å². The molecule has 0 spiro atoms. The molecule has 1 aromatic carbocycles. The second-order valence-corrected chi connectivity index (χ2v) is 6.06. The third-order valence-corrected chi connectivity index (χ3v) is 4.12. The minimum absolute atomic E-state index is 0.202. The molecule has 2 unspecified atom stereocenters. The Balaban J connectivity index is 1.70. The van der Waals surface area contributed by atoms with Gasteiger partial charge in [0.05, 0.1) is 12.1 Å². The number of carbonyl (C=O) groups excluding carboxylic acids is 2. The highest BCUT2D eigenvalue weighted by Gasteiger charge is 2.28. The summed E-state index contributed by atoms with van der Waals surface area (Å²) in [7, 11) is 0. The number of carbonyl (C=O) groups is 2. The molecular weight excluding hydrogens is 320 g/mol. The second kappa shape index (κ2) is 7.42. The van der Waals surface area contributed by atoms with Crippen molar-refractivity contribution >= 4 is 23.2 Å². The molecule has 3 rings (SSSR count). The molecule has 7 nitrogen and oxygen atoms in total. The molecule has 25 heavy (non-hydrogen) atoms.